The zero-order valence-electron chi connectivity index (χ0n) is 14.2. The molecule has 0 amide bonds. The van der Waals surface area contributed by atoms with Gasteiger partial charge in [-0.1, -0.05) is 44.7 Å². The number of halogens is 2. The second-order valence-electron chi connectivity index (χ2n) is 8.34. The third-order valence-corrected chi connectivity index (χ3v) is 6.64. The second-order valence-corrected chi connectivity index (χ2v) is 8.34. The molecule has 1 aromatic carbocycles. The molecule has 1 fully saturated rings. The fourth-order valence-corrected chi connectivity index (χ4v) is 5.45. The van der Waals surface area contributed by atoms with Crippen LogP contribution in [0.3, 0.4) is 0 Å². The third kappa shape index (κ3) is 3.06. The van der Waals surface area contributed by atoms with Crippen LogP contribution in [0.5, 0.6) is 0 Å². The molecule has 0 radical (unpaired) electrons. The fraction of sp³-hybridized carbons (Fsp3) is 0.714. The lowest BCUT2D eigenvalue weighted by Crippen LogP contribution is -2.22. The molecule has 1 aromatic rings. The summed E-state index contributed by atoms with van der Waals surface area (Å²) in [5, 5.41) is 0. The van der Waals surface area contributed by atoms with Gasteiger partial charge in [0.25, 0.3) is 5.92 Å². The van der Waals surface area contributed by atoms with E-state index in [0.29, 0.717) is 0 Å². The average molecular weight is 318 g/mol. The van der Waals surface area contributed by atoms with Gasteiger partial charge in [-0.2, -0.15) is 0 Å². The van der Waals surface area contributed by atoms with Crippen LogP contribution in [0.15, 0.2) is 12.1 Å². The lowest BCUT2D eigenvalue weighted by Gasteiger charge is -2.32. The van der Waals surface area contributed by atoms with Crippen LogP contribution in [0, 0.1) is 17.8 Å². The molecular weight excluding hydrogens is 290 g/mol. The minimum Gasteiger partial charge on any atom is -0.206 e. The molecule has 3 aliphatic rings. The first kappa shape index (κ1) is 15.6. The van der Waals surface area contributed by atoms with Crippen molar-refractivity contribution in [2.45, 2.75) is 77.1 Å². The zero-order valence-corrected chi connectivity index (χ0v) is 14.2. The van der Waals surface area contributed by atoms with E-state index in [-0.39, 0.29) is 12.8 Å². The molecule has 0 nitrogen and oxygen atoms in total. The summed E-state index contributed by atoms with van der Waals surface area (Å²) >= 11 is 0. The molecule has 4 rings (SSSR count). The van der Waals surface area contributed by atoms with Gasteiger partial charge in [0.1, 0.15) is 0 Å². The molecule has 0 aliphatic heterocycles. The Morgan fingerprint density at radius 1 is 0.870 bits per heavy atom. The van der Waals surface area contributed by atoms with E-state index in [0.717, 1.165) is 41.7 Å². The Morgan fingerprint density at radius 3 is 1.96 bits per heavy atom. The summed E-state index contributed by atoms with van der Waals surface area (Å²) in [7, 11) is 0. The van der Waals surface area contributed by atoms with Crippen molar-refractivity contribution in [2.75, 3.05) is 0 Å². The van der Waals surface area contributed by atoms with E-state index < -0.39 is 5.92 Å². The quantitative estimate of drug-likeness (QED) is 0.666. The topological polar surface area (TPSA) is 0 Å². The van der Waals surface area contributed by atoms with Gasteiger partial charge in [0, 0.05) is 12.8 Å². The van der Waals surface area contributed by atoms with Crippen molar-refractivity contribution in [3.8, 4) is 0 Å². The van der Waals surface area contributed by atoms with Crippen LogP contribution < -0.4 is 0 Å². The second kappa shape index (κ2) is 5.86. The lowest BCUT2D eigenvalue weighted by atomic mass is 9.74. The highest BCUT2D eigenvalue weighted by atomic mass is 19.3. The number of benzene rings is 1. The van der Waals surface area contributed by atoms with Gasteiger partial charge in [0.15, 0.2) is 0 Å². The first-order valence-corrected chi connectivity index (χ1v) is 9.55. The van der Waals surface area contributed by atoms with E-state index in [2.05, 4.69) is 19.1 Å². The van der Waals surface area contributed by atoms with Crippen LogP contribution in [0.25, 0.3) is 0 Å². The molecule has 0 heterocycles. The van der Waals surface area contributed by atoms with Gasteiger partial charge in [-0.25, -0.2) is 8.78 Å². The summed E-state index contributed by atoms with van der Waals surface area (Å²) in [5.41, 5.74) is 4.59. The minimum absolute atomic E-state index is 0.0393. The van der Waals surface area contributed by atoms with Crippen LogP contribution >= 0.6 is 0 Å². The van der Waals surface area contributed by atoms with Crippen molar-refractivity contribution in [3.05, 3.63) is 34.4 Å². The first-order valence-electron chi connectivity index (χ1n) is 9.55. The molecule has 1 saturated carbocycles. The molecule has 3 aliphatic carbocycles. The van der Waals surface area contributed by atoms with Crippen LogP contribution in [-0.2, 0) is 25.7 Å². The molecule has 0 bridgehead atoms. The van der Waals surface area contributed by atoms with Gasteiger partial charge < -0.3 is 0 Å². The van der Waals surface area contributed by atoms with Crippen molar-refractivity contribution in [3.63, 3.8) is 0 Å². The van der Waals surface area contributed by atoms with E-state index in [1.165, 1.54) is 49.7 Å². The monoisotopic (exact) mass is 318 g/mol. The standard InChI is InChI=1S/C21H28F2/c1-2-3-14-4-6-15(7-5-14)16-8-17-10-19-12-21(22,23)13-20(19)11-18(17)9-16/h10-11,14-16H,2-9,12-13H2,1H3. The van der Waals surface area contributed by atoms with Gasteiger partial charge in [-0.3, -0.25) is 0 Å². The highest BCUT2D eigenvalue weighted by Gasteiger charge is 2.39. The van der Waals surface area contributed by atoms with Gasteiger partial charge >= 0.3 is 0 Å². The summed E-state index contributed by atoms with van der Waals surface area (Å²) in [5.74, 6) is 0.0996. The third-order valence-electron chi connectivity index (χ3n) is 6.64. The maximum atomic E-state index is 13.6. The Balaban J connectivity index is 1.42. The normalized spacial score (nSPS) is 29.5. The molecular formula is C21H28F2. The minimum atomic E-state index is -2.51. The van der Waals surface area contributed by atoms with E-state index in [1.54, 1.807) is 0 Å². The van der Waals surface area contributed by atoms with Crippen molar-refractivity contribution < 1.29 is 8.78 Å². The van der Waals surface area contributed by atoms with Gasteiger partial charge in [0.05, 0.1) is 0 Å². The van der Waals surface area contributed by atoms with Crippen LogP contribution in [0.2, 0.25) is 0 Å². The first-order chi connectivity index (χ1) is 11.0. The highest BCUT2D eigenvalue weighted by Crippen LogP contribution is 2.43. The van der Waals surface area contributed by atoms with Gasteiger partial charge in [-0.15, -0.1) is 0 Å². The molecule has 2 heteroatoms. The van der Waals surface area contributed by atoms with Gasteiger partial charge in [0.2, 0.25) is 0 Å². The molecule has 0 spiro atoms. The number of rotatable bonds is 3. The Bertz CT molecular complexity index is 545. The van der Waals surface area contributed by atoms with Crippen molar-refractivity contribution in [1.29, 1.82) is 0 Å². The van der Waals surface area contributed by atoms with Crippen molar-refractivity contribution in [1.82, 2.24) is 0 Å². The lowest BCUT2D eigenvalue weighted by molar-refractivity contribution is 0.0130. The zero-order chi connectivity index (χ0) is 16.0. The molecule has 0 saturated heterocycles. The van der Waals surface area contributed by atoms with Crippen molar-refractivity contribution >= 4 is 0 Å². The summed E-state index contributed by atoms with van der Waals surface area (Å²) in [6.07, 6.45) is 10.5. The van der Waals surface area contributed by atoms with Gasteiger partial charge in [-0.05, 0) is 65.7 Å². The Kier molecular flexibility index (Phi) is 3.98. The van der Waals surface area contributed by atoms with Crippen LogP contribution in [0.1, 0.15) is 67.7 Å². The fourth-order valence-electron chi connectivity index (χ4n) is 5.45. The maximum Gasteiger partial charge on any atom is 0.256 e. The molecule has 0 aromatic heterocycles. The largest absolute Gasteiger partial charge is 0.256 e. The maximum absolute atomic E-state index is 13.6. The predicted molar refractivity (Wildman–Crippen MR) is 90.1 cm³/mol. The average Bonchev–Trinajstić information content (AvgIpc) is 3.03. The number of hydrogen-bond acceptors (Lipinski definition) is 0. The smallest absolute Gasteiger partial charge is 0.206 e. The summed E-state index contributed by atoms with van der Waals surface area (Å²) in [6.45, 7) is 2.29. The molecule has 0 atom stereocenters. The van der Waals surface area contributed by atoms with Crippen LogP contribution in [0.4, 0.5) is 8.78 Å². The van der Waals surface area contributed by atoms with E-state index in [9.17, 15) is 8.78 Å². The summed E-state index contributed by atoms with van der Waals surface area (Å²) in [4.78, 5) is 0. The summed E-state index contributed by atoms with van der Waals surface area (Å²) in [6, 6.07) is 4.24. The number of hydrogen-bond donors (Lipinski definition) is 0. The SMILES string of the molecule is CCCC1CCC(C2Cc3cc4c(cc3C2)CC(F)(F)C4)CC1. The number of alkyl halides is 2. The summed E-state index contributed by atoms with van der Waals surface area (Å²) < 4.78 is 27.2. The molecule has 126 valence electrons. The Labute approximate surface area is 138 Å². The molecule has 23 heavy (non-hydrogen) atoms. The predicted octanol–water partition coefficient (Wildman–Crippen LogP) is 5.74. The van der Waals surface area contributed by atoms with E-state index >= 15 is 0 Å². The Hall–Kier alpha value is -0.920. The van der Waals surface area contributed by atoms with Crippen molar-refractivity contribution in [2.24, 2.45) is 17.8 Å². The highest BCUT2D eigenvalue weighted by molar-refractivity contribution is 5.45. The van der Waals surface area contributed by atoms with E-state index in [4.69, 9.17) is 0 Å². The molecule has 0 unspecified atom stereocenters. The Morgan fingerprint density at radius 2 is 1.43 bits per heavy atom. The molecule has 0 N–H and O–H groups in total. The number of fused-ring (bicyclic) bond motifs is 2. The van der Waals surface area contributed by atoms with E-state index in [1.807, 2.05) is 0 Å². The van der Waals surface area contributed by atoms with Crippen LogP contribution in [-0.4, -0.2) is 5.92 Å².